The van der Waals surface area contributed by atoms with Crippen LogP contribution in [0.25, 0.3) is 10.6 Å². The zero-order chi connectivity index (χ0) is 24.7. The van der Waals surface area contributed by atoms with Gasteiger partial charge in [0.05, 0.1) is 22.2 Å². The number of anilines is 1. The minimum absolute atomic E-state index is 0.0236. The number of carbonyl (C=O) groups is 2. The van der Waals surface area contributed by atoms with Crippen molar-refractivity contribution in [2.45, 2.75) is 13.0 Å². The number of aryl methyl sites for hydroxylation is 1. The minimum Gasteiger partial charge on any atom is -0.508 e. The molecule has 0 fully saturated rings. The molecule has 3 aromatic carbocycles. The SMILES string of the molecule is Cc1nc(-c2ccccc2)sc1C(=O)C1=C(O)C(=O)N(c2ccc(Cl)cc2)C1c1cccc(O)c1. The number of nitrogens with zero attached hydrogens (tertiary/aromatic N) is 2. The van der Waals surface area contributed by atoms with Crippen molar-refractivity contribution in [2.24, 2.45) is 0 Å². The number of aliphatic hydroxyl groups is 1. The Morgan fingerprint density at radius 2 is 1.71 bits per heavy atom. The van der Waals surface area contributed by atoms with Gasteiger partial charge in [-0.15, -0.1) is 11.3 Å². The predicted octanol–water partition coefficient (Wildman–Crippen LogP) is 6.26. The lowest BCUT2D eigenvalue weighted by Gasteiger charge is -2.27. The third-order valence-electron chi connectivity index (χ3n) is 5.77. The first-order valence-corrected chi connectivity index (χ1v) is 11.9. The molecule has 1 aliphatic heterocycles. The van der Waals surface area contributed by atoms with Gasteiger partial charge >= 0.3 is 0 Å². The molecule has 174 valence electrons. The van der Waals surface area contributed by atoms with Crippen LogP contribution in [-0.2, 0) is 4.79 Å². The van der Waals surface area contributed by atoms with E-state index in [9.17, 15) is 19.8 Å². The maximum atomic E-state index is 13.9. The summed E-state index contributed by atoms with van der Waals surface area (Å²) in [7, 11) is 0. The molecule has 5 rings (SSSR count). The van der Waals surface area contributed by atoms with Crippen molar-refractivity contribution in [1.29, 1.82) is 0 Å². The third kappa shape index (κ3) is 4.09. The van der Waals surface area contributed by atoms with Crippen LogP contribution in [0.1, 0.15) is 27.0 Å². The Labute approximate surface area is 210 Å². The standard InChI is InChI=1S/C27H19ClN2O4S/c1-15-25(35-26(29-15)16-6-3-2-4-7-16)23(32)21-22(17-8-5-9-20(31)14-17)30(27(34)24(21)33)19-12-10-18(28)11-13-19/h2-14,22,31,33H,1H3. The molecule has 1 amide bonds. The number of aliphatic hydroxyl groups excluding tert-OH is 1. The zero-order valence-electron chi connectivity index (χ0n) is 18.5. The molecule has 2 heterocycles. The monoisotopic (exact) mass is 502 g/mol. The number of amides is 1. The van der Waals surface area contributed by atoms with E-state index in [2.05, 4.69) is 4.98 Å². The Bertz CT molecular complexity index is 1480. The number of hydrogen-bond acceptors (Lipinski definition) is 6. The fourth-order valence-electron chi connectivity index (χ4n) is 4.15. The summed E-state index contributed by atoms with van der Waals surface area (Å²) in [4.78, 5) is 33.4. The average molecular weight is 503 g/mol. The van der Waals surface area contributed by atoms with Gasteiger partial charge in [-0.1, -0.05) is 54.1 Å². The normalized spacial score (nSPS) is 15.7. The van der Waals surface area contributed by atoms with E-state index in [1.165, 1.54) is 28.4 Å². The maximum absolute atomic E-state index is 13.9. The summed E-state index contributed by atoms with van der Waals surface area (Å²) in [5.41, 5.74) is 2.24. The molecular weight excluding hydrogens is 484 g/mol. The van der Waals surface area contributed by atoms with Crippen LogP contribution in [0.3, 0.4) is 0 Å². The summed E-state index contributed by atoms with van der Waals surface area (Å²) in [6, 6.07) is 21.3. The van der Waals surface area contributed by atoms with Crippen LogP contribution in [0.15, 0.2) is 90.2 Å². The van der Waals surface area contributed by atoms with Crippen LogP contribution in [0, 0.1) is 6.92 Å². The van der Waals surface area contributed by atoms with Crippen molar-refractivity contribution >= 4 is 40.3 Å². The quantitative estimate of drug-likeness (QED) is 0.314. The molecule has 1 atom stereocenters. The molecule has 1 aliphatic rings. The van der Waals surface area contributed by atoms with Gasteiger partial charge in [-0.3, -0.25) is 14.5 Å². The molecule has 0 radical (unpaired) electrons. The lowest BCUT2D eigenvalue weighted by Crippen LogP contribution is -2.31. The largest absolute Gasteiger partial charge is 0.508 e. The van der Waals surface area contributed by atoms with Crippen molar-refractivity contribution in [3.8, 4) is 16.3 Å². The maximum Gasteiger partial charge on any atom is 0.294 e. The Kier molecular flexibility index (Phi) is 5.88. The highest BCUT2D eigenvalue weighted by Gasteiger charge is 2.45. The smallest absolute Gasteiger partial charge is 0.294 e. The first-order chi connectivity index (χ1) is 16.8. The van der Waals surface area contributed by atoms with Crippen molar-refractivity contribution in [3.05, 3.63) is 111 Å². The Balaban J connectivity index is 1.64. The number of aromatic nitrogens is 1. The van der Waals surface area contributed by atoms with Gasteiger partial charge in [-0.05, 0) is 48.9 Å². The molecule has 0 spiro atoms. The van der Waals surface area contributed by atoms with Crippen LogP contribution in [0.4, 0.5) is 5.69 Å². The van der Waals surface area contributed by atoms with Crippen LogP contribution in [0.2, 0.25) is 5.02 Å². The summed E-state index contributed by atoms with van der Waals surface area (Å²) >= 11 is 7.24. The number of rotatable bonds is 5. The van der Waals surface area contributed by atoms with Gasteiger partial charge in [0, 0.05) is 16.3 Å². The molecule has 2 N–H and O–H groups in total. The lowest BCUT2D eigenvalue weighted by atomic mass is 9.94. The van der Waals surface area contributed by atoms with Gasteiger partial charge in [-0.25, -0.2) is 4.98 Å². The molecule has 35 heavy (non-hydrogen) atoms. The van der Waals surface area contributed by atoms with E-state index in [1.807, 2.05) is 30.3 Å². The van der Waals surface area contributed by atoms with Gasteiger partial charge in [0.15, 0.2) is 5.76 Å². The van der Waals surface area contributed by atoms with Crippen LogP contribution in [0.5, 0.6) is 5.75 Å². The molecular formula is C27H19ClN2O4S. The predicted molar refractivity (Wildman–Crippen MR) is 136 cm³/mol. The van der Waals surface area contributed by atoms with Crippen LogP contribution < -0.4 is 4.90 Å². The van der Waals surface area contributed by atoms with Crippen LogP contribution in [-0.4, -0.2) is 26.9 Å². The number of thiazole rings is 1. The Morgan fingerprint density at radius 1 is 1.00 bits per heavy atom. The molecule has 1 aromatic heterocycles. The summed E-state index contributed by atoms with van der Waals surface area (Å²) in [6.07, 6.45) is 0. The van der Waals surface area contributed by atoms with Crippen molar-refractivity contribution < 1.29 is 19.8 Å². The topological polar surface area (TPSA) is 90.7 Å². The zero-order valence-corrected chi connectivity index (χ0v) is 20.0. The number of Topliss-reactive ketones (excluding diaryl/α,β-unsaturated/α-hetero) is 1. The summed E-state index contributed by atoms with van der Waals surface area (Å²) < 4.78 is 0. The summed E-state index contributed by atoms with van der Waals surface area (Å²) in [5, 5.41) is 22.2. The van der Waals surface area contributed by atoms with Crippen molar-refractivity contribution in [1.82, 2.24) is 4.98 Å². The first-order valence-electron chi connectivity index (χ1n) is 10.7. The number of halogens is 1. The van der Waals surface area contributed by atoms with Gasteiger partial charge in [0.25, 0.3) is 5.91 Å². The number of hydrogen-bond donors (Lipinski definition) is 2. The molecule has 0 aliphatic carbocycles. The van der Waals surface area contributed by atoms with Gasteiger partial charge in [0.2, 0.25) is 5.78 Å². The Hall–Kier alpha value is -3.94. The fraction of sp³-hybridized carbons (Fsp3) is 0.0741. The summed E-state index contributed by atoms with van der Waals surface area (Å²) in [5.74, 6) is -1.86. The summed E-state index contributed by atoms with van der Waals surface area (Å²) in [6.45, 7) is 1.73. The highest BCUT2D eigenvalue weighted by atomic mass is 35.5. The molecule has 4 aromatic rings. The fourth-order valence-corrected chi connectivity index (χ4v) is 5.30. The molecule has 0 saturated carbocycles. The number of phenols is 1. The Morgan fingerprint density at radius 3 is 2.40 bits per heavy atom. The highest BCUT2D eigenvalue weighted by Crippen LogP contribution is 2.44. The van der Waals surface area contributed by atoms with Crippen LogP contribution >= 0.6 is 22.9 Å². The number of ketones is 1. The average Bonchev–Trinajstić information content (AvgIpc) is 3.37. The molecule has 0 bridgehead atoms. The van der Waals surface area contributed by atoms with Crippen molar-refractivity contribution in [2.75, 3.05) is 4.90 Å². The van der Waals surface area contributed by atoms with E-state index in [0.717, 1.165) is 5.56 Å². The first kappa shape index (κ1) is 22.8. The van der Waals surface area contributed by atoms with E-state index >= 15 is 0 Å². The van der Waals surface area contributed by atoms with Gasteiger partial charge in [-0.2, -0.15) is 0 Å². The van der Waals surface area contributed by atoms with E-state index in [4.69, 9.17) is 11.6 Å². The number of phenolic OH excluding ortho intramolecular Hbond substituents is 1. The number of carbonyl (C=O) groups excluding carboxylic acids is 2. The van der Waals surface area contributed by atoms with E-state index in [0.29, 0.717) is 31.9 Å². The second kappa shape index (κ2) is 9.02. The molecule has 6 nitrogen and oxygen atoms in total. The highest BCUT2D eigenvalue weighted by molar-refractivity contribution is 7.17. The van der Waals surface area contributed by atoms with Gasteiger partial charge in [0.1, 0.15) is 10.8 Å². The van der Waals surface area contributed by atoms with E-state index in [-0.39, 0.29) is 11.3 Å². The number of aromatic hydroxyl groups is 1. The molecule has 8 heteroatoms. The van der Waals surface area contributed by atoms with E-state index in [1.54, 1.807) is 43.3 Å². The second-order valence-corrected chi connectivity index (χ2v) is 9.48. The number of benzene rings is 3. The van der Waals surface area contributed by atoms with Gasteiger partial charge < -0.3 is 10.2 Å². The van der Waals surface area contributed by atoms with Crippen molar-refractivity contribution in [3.63, 3.8) is 0 Å². The second-order valence-electron chi connectivity index (χ2n) is 8.04. The molecule has 0 saturated heterocycles. The van der Waals surface area contributed by atoms with E-state index < -0.39 is 23.5 Å². The minimum atomic E-state index is -0.954. The molecule has 1 unspecified atom stereocenters. The third-order valence-corrected chi connectivity index (χ3v) is 7.22. The lowest BCUT2D eigenvalue weighted by molar-refractivity contribution is -0.117.